The van der Waals surface area contributed by atoms with Crippen molar-refractivity contribution in [1.82, 2.24) is 5.32 Å². The normalized spacial score (nSPS) is 9.67. The summed E-state index contributed by atoms with van der Waals surface area (Å²) in [6.45, 7) is 2.39. The summed E-state index contributed by atoms with van der Waals surface area (Å²) in [5.74, 6) is -1.08. The molecule has 1 aromatic rings. The van der Waals surface area contributed by atoms with E-state index in [1.54, 1.807) is 24.3 Å². The van der Waals surface area contributed by atoms with E-state index in [0.29, 0.717) is 17.7 Å². The fourth-order valence-corrected chi connectivity index (χ4v) is 1.26. The second kappa shape index (κ2) is 5.14. The molecule has 0 heterocycles. The van der Waals surface area contributed by atoms with E-state index in [-0.39, 0.29) is 12.3 Å². The molecular weight excluding hydrogens is 194 g/mol. The molecule has 1 aromatic carbocycles. The summed E-state index contributed by atoms with van der Waals surface area (Å²) in [6.07, 6.45) is -0.0623. The van der Waals surface area contributed by atoms with E-state index in [1.807, 2.05) is 6.92 Å². The molecule has 0 aliphatic heterocycles. The van der Waals surface area contributed by atoms with Crippen molar-refractivity contribution in [3.8, 4) is 0 Å². The Morgan fingerprint density at radius 1 is 1.40 bits per heavy atom. The highest BCUT2D eigenvalue weighted by molar-refractivity contribution is 5.94. The van der Waals surface area contributed by atoms with Gasteiger partial charge in [-0.2, -0.15) is 0 Å². The number of nitrogens with one attached hydrogen (secondary N) is 1. The molecule has 0 spiro atoms. The number of carbonyl (C=O) groups excluding carboxylic acids is 1. The molecule has 0 aromatic heterocycles. The van der Waals surface area contributed by atoms with Crippen LogP contribution in [0.25, 0.3) is 0 Å². The van der Waals surface area contributed by atoms with Gasteiger partial charge < -0.3 is 10.4 Å². The Morgan fingerprint density at radius 3 is 2.73 bits per heavy atom. The second-order valence-electron chi connectivity index (χ2n) is 3.13. The Hall–Kier alpha value is -1.84. The molecule has 80 valence electrons. The number of carbonyl (C=O) groups is 2. The standard InChI is InChI=1S/C11H13NO3/c1-2-12-11(15)9-5-3-4-8(6-9)7-10(13)14/h3-6H,2,7H2,1H3,(H,12,15)(H,13,14). The van der Waals surface area contributed by atoms with Crippen LogP contribution in [-0.4, -0.2) is 23.5 Å². The van der Waals surface area contributed by atoms with Gasteiger partial charge in [0.05, 0.1) is 6.42 Å². The molecule has 0 fully saturated rings. The Labute approximate surface area is 87.9 Å². The average Bonchev–Trinajstić information content (AvgIpc) is 2.17. The summed E-state index contributed by atoms with van der Waals surface area (Å²) < 4.78 is 0. The highest BCUT2D eigenvalue weighted by Gasteiger charge is 2.06. The molecule has 15 heavy (non-hydrogen) atoms. The molecule has 4 heteroatoms. The van der Waals surface area contributed by atoms with E-state index in [4.69, 9.17) is 5.11 Å². The van der Waals surface area contributed by atoms with E-state index in [9.17, 15) is 9.59 Å². The Kier molecular flexibility index (Phi) is 3.85. The monoisotopic (exact) mass is 207 g/mol. The van der Waals surface area contributed by atoms with Gasteiger partial charge in [-0.15, -0.1) is 0 Å². The van der Waals surface area contributed by atoms with Crippen LogP contribution in [0.1, 0.15) is 22.8 Å². The van der Waals surface area contributed by atoms with Crippen LogP contribution >= 0.6 is 0 Å². The number of hydrogen-bond donors (Lipinski definition) is 2. The summed E-state index contributed by atoms with van der Waals surface area (Å²) in [7, 11) is 0. The summed E-state index contributed by atoms with van der Waals surface area (Å²) in [4.78, 5) is 21.9. The number of aliphatic carboxylic acids is 1. The van der Waals surface area contributed by atoms with E-state index >= 15 is 0 Å². The van der Waals surface area contributed by atoms with Crippen LogP contribution < -0.4 is 5.32 Å². The van der Waals surface area contributed by atoms with E-state index in [1.165, 1.54) is 0 Å². The first-order chi connectivity index (χ1) is 7.13. The first-order valence-corrected chi connectivity index (χ1v) is 4.72. The van der Waals surface area contributed by atoms with Gasteiger partial charge in [0.15, 0.2) is 0 Å². The van der Waals surface area contributed by atoms with Crippen molar-refractivity contribution in [3.05, 3.63) is 35.4 Å². The Bertz CT molecular complexity index is 374. The van der Waals surface area contributed by atoms with Crippen molar-refractivity contribution in [2.45, 2.75) is 13.3 Å². The fraction of sp³-hybridized carbons (Fsp3) is 0.273. The molecule has 2 N–H and O–H groups in total. The average molecular weight is 207 g/mol. The van der Waals surface area contributed by atoms with Gasteiger partial charge in [-0.25, -0.2) is 0 Å². The molecule has 0 bridgehead atoms. The van der Waals surface area contributed by atoms with E-state index in [0.717, 1.165) is 0 Å². The van der Waals surface area contributed by atoms with Gasteiger partial charge in [0.25, 0.3) is 5.91 Å². The summed E-state index contributed by atoms with van der Waals surface area (Å²) in [5.41, 5.74) is 1.13. The lowest BCUT2D eigenvalue weighted by Crippen LogP contribution is -2.22. The van der Waals surface area contributed by atoms with Crippen molar-refractivity contribution in [1.29, 1.82) is 0 Å². The molecule has 4 nitrogen and oxygen atoms in total. The fourth-order valence-electron chi connectivity index (χ4n) is 1.26. The predicted octanol–water partition coefficient (Wildman–Crippen LogP) is 1.06. The molecule has 0 saturated heterocycles. The van der Waals surface area contributed by atoms with Crippen molar-refractivity contribution < 1.29 is 14.7 Å². The molecule has 0 saturated carbocycles. The minimum atomic E-state index is -0.900. The zero-order valence-electron chi connectivity index (χ0n) is 8.49. The second-order valence-corrected chi connectivity index (χ2v) is 3.13. The summed E-state index contributed by atoms with van der Waals surface area (Å²) in [6, 6.07) is 6.63. The first kappa shape index (κ1) is 11.2. The van der Waals surface area contributed by atoms with Crippen molar-refractivity contribution >= 4 is 11.9 Å². The lowest BCUT2D eigenvalue weighted by molar-refractivity contribution is -0.136. The van der Waals surface area contributed by atoms with Crippen LogP contribution in [0, 0.1) is 0 Å². The molecular formula is C11H13NO3. The topological polar surface area (TPSA) is 66.4 Å². The van der Waals surface area contributed by atoms with Gasteiger partial charge in [-0.3, -0.25) is 9.59 Å². The SMILES string of the molecule is CCNC(=O)c1cccc(CC(=O)O)c1. The summed E-state index contributed by atoms with van der Waals surface area (Å²) >= 11 is 0. The number of carboxylic acids is 1. The maximum absolute atomic E-state index is 11.4. The molecule has 1 rings (SSSR count). The third-order valence-electron chi connectivity index (χ3n) is 1.88. The number of carboxylic acid groups (broad SMARTS) is 1. The third-order valence-corrected chi connectivity index (χ3v) is 1.88. The van der Waals surface area contributed by atoms with Crippen molar-refractivity contribution in [2.24, 2.45) is 0 Å². The lowest BCUT2D eigenvalue weighted by atomic mass is 10.1. The van der Waals surface area contributed by atoms with Crippen LogP contribution in [0.5, 0.6) is 0 Å². The molecule has 0 aliphatic rings. The Balaban J connectivity index is 2.82. The zero-order valence-corrected chi connectivity index (χ0v) is 8.49. The van der Waals surface area contributed by atoms with E-state index in [2.05, 4.69) is 5.32 Å². The quantitative estimate of drug-likeness (QED) is 0.775. The molecule has 1 amide bonds. The molecule has 0 radical (unpaired) electrons. The lowest BCUT2D eigenvalue weighted by Gasteiger charge is -2.03. The minimum Gasteiger partial charge on any atom is -0.481 e. The van der Waals surface area contributed by atoms with Crippen molar-refractivity contribution in [2.75, 3.05) is 6.54 Å². The third kappa shape index (κ3) is 3.42. The van der Waals surface area contributed by atoms with Crippen LogP contribution in [0.3, 0.4) is 0 Å². The van der Waals surface area contributed by atoms with Crippen molar-refractivity contribution in [3.63, 3.8) is 0 Å². The van der Waals surface area contributed by atoms with Crippen LogP contribution in [0.2, 0.25) is 0 Å². The van der Waals surface area contributed by atoms with Crippen LogP contribution in [-0.2, 0) is 11.2 Å². The Morgan fingerprint density at radius 2 is 2.13 bits per heavy atom. The number of amides is 1. The number of hydrogen-bond acceptors (Lipinski definition) is 2. The number of benzene rings is 1. The van der Waals surface area contributed by atoms with Gasteiger partial charge in [0.2, 0.25) is 0 Å². The molecule has 0 atom stereocenters. The van der Waals surface area contributed by atoms with E-state index < -0.39 is 5.97 Å². The van der Waals surface area contributed by atoms with Gasteiger partial charge >= 0.3 is 5.97 Å². The maximum Gasteiger partial charge on any atom is 0.307 e. The van der Waals surface area contributed by atoms with Crippen LogP contribution in [0.15, 0.2) is 24.3 Å². The molecule has 0 aliphatic carbocycles. The smallest absolute Gasteiger partial charge is 0.307 e. The van der Waals surface area contributed by atoms with Gasteiger partial charge in [-0.05, 0) is 24.6 Å². The zero-order chi connectivity index (χ0) is 11.3. The van der Waals surface area contributed by atoms with Gasteiger partial charge in [0, 0.05) is 12.1 Å². The highest BCUT2D eigenvalue weighted by atomic mass is 16.4. The maximum atomic E-state index is 11.4. The van der Waals surface area contributed by atoms with Crippen LogP contribution in [0.4, 0.5) is 0 Å². The first-order valence-electron chi connectivity index (χ1n) is 4.72. The predicted molar refractivity (Wildman–Crippen MR) is 55.8 cm³/mol. The minimum absolute atomic E-state index is 0.0623. The highest BCUT2D eigenvalue weighted by Crippen LogP contribution is 2.06. The largest absolute Gasteiger partial charge is 0.481 e. The summed E-state index contributed by atoms with van der Waals surface area (Å²) in [5, 5.41) is 11.3. The van der Waals surface area contributed by atoms with Gasteiger partial charge in [-0.1, -0.05) is 12.1 Å². The number of rotatable bonds is 4. The molecule has 0 unspecified atom stereocenters. The van der Waals surface area contributed by atoms with Gasteiger partial charge in [0.1, 0.15) is 0 Å².